The molecule has 0 fully saturated rings. The highest BCUT2D eigenvalue weighted by Gasteiger charge is 2.19. The van der Waals surface area contributed by atoms with E-state index >= 15 is 0 Å². The van der Waals surface area contributed by atoms with E-state index in [1.165, 1.54) is 10.9 Å². The zero-order valence-electron chi connectivity index (χ0n) is 11.3. The molecule has 1 aromatic heterocycles. The van der Waals surface area contributed by atoms with Crippen molar-refractivity contribution in [3.05, 3.63) is 42.2 Å². The van der Waals surface area contributed by atoms with E-state index in [4.69, 9.17) is 5.73 Å². The fourth-order valence-electron chi connectivity index (χ4n) is 2.08. The summed E-state index contributed by atoms with van der Waals surface area (Å²) in [6.45, 7) is 4.66. The van der Waals surface area contributed by atoms with Crippen LogP contribution in [0.1, 0.15) is 25.8 Å². The van der Waals surface area contributed by atoms with E-state index in [0.717, 1.165) is 5.39 Å². The lowest BCUT2D eigenvalue weighted by Crippen LogP contribution is -2.42. The second-order valence-electron chi connectivity index (χ2n) is 5.44. The number of carbonyl (C=O) groups excluding carboxylic acids is 1. The first kappa shape index (κ1) is 13.5. The standard InChI is InChI=1S/C15H19N3O/c1-15(2,8-14(16)19)18-9-11-3-4-13-10-17-6-5-12(13)7-11/h3-7,10,18H,8-9H2,1-2H3,(H2,16,19). The average molecular weight is 257 g/mol. The number of nitrogens with two attached hydrogens (primary N) is 1. The molecule has 0 aliphatic rings. The number of aromatic nitrogens is 1. The number of hydrogen-bond acceptors (Lipinski definition) is 3. The van der Waals surface area contributed by atoms with Crippen molar-refractivity contribution in [3.63, 3.8) is 0 Å². The van der Waals surface area contributed by atoms with Crippen LogP contribution in [0.25, 0.3) is 10.8 Å². The third-order valence-electron chi connectivity index (χ3n) is 3.09. The molecular weight excluding hydrogens is 238 g/mol. The topological polar surface area (TPSA) is 68.0 Å². The van der Waals surface area contributed by atoms with Gasteiger partial charge in [0.15, 0.2) is 0 Å². The van der Waals surface area contributed by atoms with Crippen molar-refractivity contribution in [3.8, 4) is 0 Å². The summed E-state index contributed by atoms with van der Waals surface area (Å²) in [5.74, 6) is -0.290. The highest BCUT2D eigenvalue weighted by Crippen LogP contribution is 2.16. The van der Waals surface area contributed by atoms with E-state index in [-0.39, 0.29) is 11.4 Å². The molecule has 100 valence electrons. The molecule has 4 nitrogen and oxygen atoms in total. The zero-order valence-corrected chi connectivity index (χ0v) is 11.3. The van der Waals surface area contributed by atoms with Crippen LogP contribution in [0, 0.1) is 0 Å². The van der Waals surface area contributed by atoms with Crippen LogP contribution in [0.3, 0.4) is 0 Å². The van der Waals surface area contributed by atoms with Gasteiger partial charge in [-0.1, -0.05) is 12.1 Å². The molecule has 1 aromatic carbocycles. The lowest BCUT2D eigenvalue weighted by atomic mass is 9.99. The highest BCUT2D eigenvalue weighted by molar-refractivity contribution is 5.82. The molecule has 0 unspecified atom stereocenters. The number of fused-ring (bicyclic) bond motifs is 1. The van der Waals surface area contributed by atoms with Gasteiger partial charge in [-0.05, 0) is 36.9 Å². The highest BCUT2D eigenvalue weighted by atomic mass is 16.1. The van der Waals surface area contributed by atoms with Gasteiger partial charge < -0.3 is 11.1 Å². The predicted molar refractivity (Wildman–Crippen MR) is 76.5 cm³/mol. The molecule has 0 aliphatic heterocycles. The van der Waals surface area contributed by atoms with Crippen molar-refractivity contribution < 1.29 is 4.79 Å². The van der Waals surface area contributed by atoms with E-state index in [0.29, 0.717) is 13.0 Å². The first-order valence-electron chi connectivity index (χ1n) is 6.32. The SMILES string of the molecule is CC(C)(CC(N)=O)NCc1ccc2cnccc2c1. The van der Waals surface area contributed by atoms with Crippen molar-refractivity contribution in [1.29, 1.82) is 0 Å². The Morgan fingerprint density at radius 2 is 2.11 bits per heavy atom. The molecule has 1 amide bonds. The van der Waals surface area contributed by atoms with E-state index in [1.54, 1.807) is 6.20 Å². The predicted octanol–water partition coefficient (Wildman–Crippen LogP) is 1.98. The van der Waals surface area contributed by atoms with Crippen LogP contribution in [0.15, 0.2) is 36.7 Å². The minimum Gasteiger partial charge on any atom is -0.370 e. The summed E-state index contributed by atoms with van der Waals surface area (Å²) in [6, 6.07) is 8.25. The van der Waals surface area contributed by atoms with Crippen molar-refractivity contribution >= 4 is 16.7 Å². The van der Waals surface area contributed by atoms with Crippen LogP contribution < -0.4 is 11.1 Å². The van der Waals surface area contributed by atoms with Gasteiger partial charge in [-0.25, -0.2) is 0 Å². The van der Waals surface area contributed by atoms with Crippen molar-refractivity contribution in [2.75, 3.05) is 0 Å². The second-order valence-corrected chi connectivity index (χ2v) is 5.44. The number of nitrogens with zero attached hydrogens (tertiary/aromatic N) is 1. The molecule has 0 aliphatic carbocycles. The molecule has 0 bridgehead atoms. The minimum atomic E-state index is -0.293. The third-order valence-corrected chi connectivity index (χ3v) is 3.09. The molecule has 0 spiro atoms. The summed E-state index contributed by atoms with van der Waals surface area (Å²) in [6.07, 6.45) is 3.96. The van der Waals surface area contributed by atoms with Crippen LogP contribution in [0.2, 0.25) is 0 Å². The van der Waals surface area contributed by atoms with Gasteiger partial charge in [-0.3, -0.25) is 9.78 Å². The Morgan fingerprint density at radius 1 is 1.32 bits per heavy atom. The van der Waals surface area contributed by atoms with Gasteiger partial charge in [0, 0.05) is 36.3 Å². The number of amides is 1. The summed E-state index contributed by atoms with van der Waals surface area (Å²) in [5.41, 5.74) is 6.12. The number of pyridine rings is 1. The molecule has 0 saturated carbocycles. The number of rotatable bonds is 5. The van der Waals surface area contributed by atoms with Gasteiger partial charge in [0.25, 0.3) is 0 Å². The Hall–Kier alpha value is -1.94. The Morgan fingerprint density at radius 3 is 2.84 bits per heavy atom. The minimum absolute atomic E-state index is 0.290. The van der Waals surface area contributed by atoms with Gasteiger partial charge in [-0.15, -0.1) is 0 Å². The molecule has 3 N–H and O–H groups in total. The van der Waals surface area contributed by atoms with Gasteiger partial charge in [0.2, 0.25) is 5.91 Å². The van der Waals surface area contributed by atoms with E-state index in [2.05, 4.69) is 28.5 Å². The zero-order chi connectivity index (χ0) is 13.9. The quantitative estimate of drug-likeness (QED) is 0.860. The first-order valence-corrected chi connectivity index (χ1v) is 6.32. The molecule has 0 radical (unpaired) electrons. The van der Waals surface area contributed by atoms with Crippen LogP contribution in [0.4, 0.5) is 0 Å². The molecule has 0 atom stereocenters. The molecule has 1 heterocycles. The number of carbonyl (C=O) groups is 1. The Labute approximate surface area is 113 Å². The van der Waals surface area contributed by atoms with Crippen LogP contribution >= 0.6 is 0 Å². The van der Waals surface area contributed by atoms with Crippen molar-refractivity contribution in [2.24, 2.45) is 5.73 Å². The number of nitrogens with one attached hydrogen (secondary N) is 1. The van der Waals surface area contributed by atoms with Crippen LogP contribution in [-0.4, -0.2) is 16.4 Å². The summed E-state index contributed by atoms with van der Waals surface area (Å²) in [4.78, 5) is 15.1. The fraction of sp³-hybridized carbons (Fsp3) is 0.333. The molecule has 2 rings (SSSR count). The largest absolute Gasteiger partial charge is 0.370 e. The lowest BCUT2D eigenvalue weighted by Gasteiger charge is -2.25. The maximum absolute atomic E-state index is 11.0. The van der Waals surface area contributed by atoms with Crippen LogP contribution in [0.5, 0.6) is 0 Å². The maximum atomic E-state index is 11.0. The molecule has 0 saturated heterocycles. The average Bonchev–Trinajstić information content (AvgIpc) is 2.35. The normalized spacial score (nSPS) is 11.7. The summed E-state index contributed by atoms with van der Waals surface area (Å²) >= 11 is 0. The second kappa shape index (κ2) is 5.36. The van der Waals surface area contributed by atoms with E-state index in [1.807, 2.05) is 26.1 Å². The smallest absolute Gasteiger partial charge is 0.219 e. The third kappa shape index (κ3) is 3.76. The van der Waals surface area contributed by atoms with Crippen molar-refractivity contribution in [1.82, 2.24) is 10.3 Å². The van der Waals surface area contributed by atoms with Gasteiger partial charge >= 0.3 is 0 Å². The maximum Gasteiger partial charge on any atom is 0.219 e. The monoisotopic (exact) mass is 257 g/mol. The summed E-state index contributed by atoms with van der Waals surface area (Å²) in [7, 11) is 0. The van der Waals surface area contributed by atoms with Crippen molar-refractivity contribution in [2.45, 2.75) is 32.4 Å². The molecule has 4 heteroatoms. The molecular formula is C15H19N3O. The summed E-state index contributed by atoms with van der Waals surface area (Å²) in [5, 5.41) is 5.65. The number of benzene rings is 1. The van der Waals surface area contributed by atoms with Gasteiger partial charge in [0.1, 0.15) is 0 Å². The van der Waals surface area contributed by atoms with Gasteiger partial charge in [0.05, 0.1) is 0 Å². The number of hydrogen-bond donors (Lipinski definition) is 2. The first-order chi connectivity index (χ1) is 8.96. The Bertz CT molecular complexity index is 593. The Kier molecular flexibility index (Phi) is 3.81. The number of primary amides is 1. The Balaban J connectivity index is 2.07. The van der Waals surface area contributed by atoms with Gasteiger partial charge in [-0.2, -0.15) is 0 Å². The summed E-state index contributed by atoms with van der Waals surface area (Å²) < 4.78 is 0. The molecule has 19 heavy (non-hydrogen) atoms. The fourth-order valence-corrected chi connectivity index (χ4v) is 2.08. The molecule has 2 aromatic rings. The lowest BCUT2D eigenvalue weighted by molar-refractivity contribution is -0.119. The van der Waals surface area contributed by atoms with E-state index in [9.17, 15) is 4.79 Å². The van der Waals surface area contributed by atoms with E-state index < -0.39 is 0 Å². The van der Waals surface area contributed by atoms with Crippen LogP contribution in [-0.2, 0) is 11.3 Å².